The number of allylic oxidation sites excluding steroid dienone is 16. The van der Waals surface area contributed by atoms with E-state index in [0.29, 0.717) is 23.9 Å². The second-order valence-corrected chi connectivity index (χ2v) is 28.1. The molecule has 9 nitrogen and oxygen atoms in total. The highest BCUT2D eigenvalue weighted by Crippen LogP contribution is 2.43. The Morgan fingerprint density at radius 1 is 0.344 bits per heavy atom. The second kappa shape index (κ2) is 70.3. The van der Waals surface area contributed by atoms with Crippen LogP contribution in [0.3, 0.4) is 0 Å². The minimum atomic E-state index is -4.40. The Morgan fingerprint density at radius 2 is 0.600 bits per heavy atom. The number of phosphoric acid groups is 1. The lowest BCUT2D eigenvalue weighted by Gasteiger charge is -2.24. The van der Waals surface area contributed by atoms with Crippen LogP contribution >= 0.6 is 7.82 Å². The van der Waals surface area contributed by atoms with Gasteiger partial charge in [0.15, 0.2) is 6.10 Å². The molecule has 0 fully saturated rings. The first-order valence-electron chi connectivity index (χ1n) is 38.0. The minimum absolute atomic E-state index is 0.0317. The lowest BCUT2D eigenvalue weighted by molar-refractivity contribution is -0.870. The number of hydrogen-bond acceptors (Lipinski definition) is 7. The Kier molecular flexibility index (Phi) is 67.9. The van der Waals surface area contributed by atoms with E-state index in [9.17, 15) is 19.0 Å². The lowest BCUT2D eigenvalue weighted by Crippen LogP contribution is -2.37. The van der Waals surface area contributed by atoms with Gasteiger partial charge in [0.25, 0.3) is 0 Å². The van der Waals surface area contributed by atoms with Gasteiger partial charge in [-0.3, -0.25) is 18.6 Å². The number of quaternary nitrogens is 1. The first-order valence-corrected chi connectivity index (χ1v) is 39.5. The number of phosphoric ester groups is 1. The predicted molar refractivity (Wildman–Crippen MR) is 390 cm³/mol. The Hall–Kier alpha value is -3.07. The summed E-state index contributed by atoms with van der Waals surface area (Å²) >= 11 is 0. The van der Waals surface area contributed by atoms with Crippen molar-refractivity contribution in [2.24, 2.45) is 0 Å². The number of carbonyl (C=O) groups excluding carboxylic acids is 2. The maximum absolute atomic E-state index is 12.9. The third kappa shape index (κ3) is 74.0. The van der Waals surface area contributed by atoms with Gasteiger partial charge in [-0.15, -0.1) is 0 Å². The van der Waals surface area contributed by atoms with E-state index in [0.717, 1.165) is 83.5 Å². The average Bonchev–Trinajstić information content (AvgIpc) is 3.56. The maximum Gasteiger partial charge on any atom is 0.472 e. The summed E-state index contributed by atoms with van der Waals surface area (Å²) in [6.07, 6.45) is 98.2. The predicted octanol–water partition coefficient (Wildman–Crippen LogP) is 25.1. The molecular formula is C80H145NO8P+. The smallest absolute Gasteiger partial charge is 0.462 e. The van der Waals surface area contributed by atoms with Crippen LogP contribution < -0.4 is 0 Å². The van der Waals surface area contributed by atoms with Gasteiger partial charge >= 0.3 is 19.8 Å². The van der Waals surface area contributed by atoms with Crippen LogP contribution in [0.15, 0.2) is 97.2 Å². The molecule has 0 aromatic carbocycles. The van der Waals surface area contributed by atoms with E-state index in [1.165, 1.54) is 231 Å². The molecule has 0 radical (unpaired) electrons. The highest BCUT2D eigenvalue weighted by molar-refractivity contribution is 7.47. The highest BCUT2D eigenvalue weighted by Gasteiger charge is 2.27. The van der Waals surface area contributed by atoms with Crippen molar-refractivity contribution in [2.75, 3.05) is 47.5 Å². The summed E-state index contributed by atoms with van der Waals surface area (Å²) in [7, 11) is 1.49. The summed E-state index contributed by atoms with van der Waals surface area (Å²) in [4.78, 5) is 36.0. The van der Waals surface area contributed by atoms with E-state index in [-0.39, 0.29) is 25.6 Å². The van der Waals surface area contributed by atoms with Crippen LogP contribution in [0, 0.1) is 0 Å². The summed E-state index contributed by atoms with van der Waals surface area (Å²) < 4.78 is 34.8. The van der Waals surface area contributed by atoms with Crippen molar-refractivity contribution < 1.29 is 42.1 Å². The monoisotopic (exact) mass is 1280 g/mol. The summed E-state index contributed by atoms with van der Waals surface area (Å²) in [6, 6.07) is 0. The summed E-state index contributed by atoms with van der Waals surface area (Å²) in [5.74, 6) is -0.781. The van der Waals surface area contributed by atoms with Crippen LogP contribution in [0.5, 0.6) is 0 Å². The van der Waals surface area contributed by atoms with Gasteiger partial charge in [0, 0.05) is 12.8 Å². The fraction of sp³-hybridized carbons (Fsp3) is 0.775. The quantitative estimate of drug-likeness (QED) is 0.0211. The average molecular weight is 1280 g/mol. The van der Waals surface area contributed by atoms with Crippen LogP contribution in [0.2, 0.25) is 0 Å². The molecule has 0 spiro atoms. The molecule has 0 aliphatic heterocycles. The van der Waals surface area contributed by atoms with Crippen LogP contribution in [0.25, 0.3) is 0 Å². The van der Waals surface area contributed by atoms with E-state index in [2.05, 4.69) is 111 Å². The molecule has 0 heterocycles. The standard InChI is InChI=1S/C80H144NO8P/c1-6-8-10-12-14-16-18-20-22-24-26-28-30-32-34-36-38-40-42-44-46-48-50-52-54-56-58-60-62-64-66-68-70-72-79(82)86-76-78(77-88-90(84,85)87-75-74-81(3,4)5)89-80(83)73-71-69-67-65-63-61-59-57-55-53-51-49-47-45-43-41-39-37-35-33-31-29-27-25-23-21-19-17-15-13-11-9-7-2/h8-11,14-17,20-23,26-29,78H,6-7,12-13,18-19,24-25,30-77H2,1-5H3/p+1/b10-8-,11-9-,16-14-,17-15-,22-20-,23-21-,28-26-,29-27-. The number of hydrogen-bond donors (Lipinski definition) is 1. The largest absolute Gasteiger partial charge is 0.472 e. The van der Waals surface area contributed by atoms with Crippen LogP contribution in [-0.4, -0.2) is 74.9 Å². The topological polar surface area (TPSA) is 108 Å². The van der Waals surface area contributed by atoms with Crippen molar-refractivity contribution in [2.45, 2.75) is 354 Å². The molecule has 0 aliphatic rings. The van der Waals surface area contributed by atoms with Crippen molar-refractivity contribution in [3.05, 3.63) is 97.2 Å². The van der Waals surface area contributed by atoms with Crippen molar-refractivity contribution in [1.29, 1.82) is 0 Å². The molecular weight excluding hydrogens is 1130 g/mol. The van der Waals surface area contributed by atoms with E-state index < -0.39 is 26.5 Å². The van der Waals surface area contributed by atoms with Crippen LogP contribution in [0.4, 0.5) is 0 Å². The molecule has 0 aromatic rings. The van der Waals surface area contributed by atoms with Gasteiger partial charge in [-0.2, -0.15) is 0 Å². The molecule has 90 heavy (non-hydrogen) atoms. The maximum atomic E-state index is 12.9. The molecule has 0 aliphatic carbocycles. The van der Waals surface area contributed by atoms with Gasteiger partial charge in [-0.05, 0) is 89.9 Å². The summed E-state index contributed by atoms with van der Waals surface area (Å²) in [5, 5.41) is 0. The van der Waals surface area contributed by atoms with Crippen molar-refractivity contribution >= 4 is 19.8 Å². The molecule has 0 saturated carbocycles. The minimum Gasteiger partial charge on any atom is -0.462 e. The van der Waals surface area contributed by atoms with E-state index in [1.54, 1.807) is 0 Å². The second-order valence-electron chi connectivity index (χ2n) is 26.6. The van der Waals surface area contributed by atoms with Gasteiger partial charge in [0.05, 0.1) is 27.7 Å². The zero-order valence-electron chi connectivity index (χ0n) is 59.6. The normalized spacial score (nSPS) is 13.6. The molecule has 2 unspecified atom stereocenters. The zero-order valence-corrected chi connectivity index (χ0v) is 60.5. The molecule has 0 bridgehead atoms. The Bertz CT molecular complexity index is 1840. The molecule has 0 saturated heterocycles. The third-order valence-corrected chi connectivity index (χ3v) is 17.6. The highest BCUT2D eigenvalue weighted by atomic mass is 31.2. The number of rotatable bonds is 70. The van der Waals surface area contributed by atoms with Crippen LogP contribution in [-0.2, 0) is 32.7 Å². The Morgan fingerprint density at radius 3 is 0.889 bits per heavy atom. The molecule has 0 rings (SSSR count). The summed E-state index contributed by atoms with van der Waals surface area (Å²) in [5.41, 5.74) is 0. The van der Waals surface area contributed by atoms with E-state index in [1.807, 2.05) is 21.1 Å². The SMILES string of the molecule is CC/C=C\C/C=C\C/C=C\C/C=C\CCCCCCCCCCCCCCCCCCCCCCC(=O)OCC(COP(=O)(O)OCC[N+](C)(C)C)OC(=O)CCCCCCCCCCCCCCCCCCCCCC/C=C\C/C=C\C/C=C\C/C=C\CC. The molecule has 2 atom stereocenters. The van der Waals surface area contributed by atoms with E-state index >= 15 is 0 Å². The van der Waals surface area contributed by atoms with Gasteiger partial charge < -0.3 is 18.9 Å². The van der Waals surface area contributed by atoms with Gasteiger partial charge in [-0.1, -0.05) is 342 Å². The van der Waals surface area contributed by atoms with Crippen molar-refractivity contribution in [1.82, 2.24) is 0 Å². The zero-order chi connectivity index (χ0) is 65.5. The Balaban J connectivity index is 3.96. The number of unbranched alkanes of at least 4 members (excludes halogenated alkanes) is 40. The molecule has 10 heteroatoms. The number of carbonyl (C=O) groups is 2. The molecule has 0 amide bonds. The van der Waals surface area contributed by atoms with Crippen molar-refractivity contribution in [3.63, 3.8) is 0 Å². The first kappa shape index (κ1) is 86.9. The lowest BCUT2D eigenvalue weighted by atomic mass is 10.0. The molecule has 522 valence electrons. The Labute approximate surface area is 557 Å². The summed E-state index contributed by atoms with van der Waals surface area (Å²) in [6.45, 7) is 4.26. The van der Waals surface area contributed by atoms with Gasteiger partial charge in [0.1, 0.15) is 19.8 Å². The fourth-order valence-electron chi connectivity index (χ4n) is 10.9. The molecule has 0 aromatic heterocycles. The number of ether oxygens (including phenoxy) is 2. The van der Waals surface area contributed by atoms with E-state index in [4.69, 9.17) is 18.5 Å². The number of esters is 2. The first-order chi connectivity index (χ1) is 44.0. The number of likely N-dealkylation sites (N-methyl/N-ethyl adjacent to an activating group) is 1. The van der Waals surface area contributed by atoms with Gasteiger partial charge in [-0.25, -0.2) is 4.57 Å². The van der Waals surface area contributed by atoms with Crippen molar-refractivity contribution in [3.8, 4) is 0 Å². The van der Waals surface area contributed by atoms with Crippen LogP contribution in [0.1, 0.15) is 348 Å². The third-order valence-electron chi connectivity index (χ3n) is 16.6. The fourth-order valence-corrected chi connectivity index (χ4v) is 11.6. The molecule has 1 N–H and O–H groups in total. The van der Waals surface area contributed by atoms with Gasteiger partial charge in [0.2, 0.25) is 0 Å². The number of nitrogens with zero attached hydrogens (tertiary/aromatic N) is 1.